The van der Waals surface area contributed by atoms with Crippen LogP contribution in [0.3, 0.4) is 0 Å². The highest BCUT2D eigenvalue weighted by Gasteiger charge is 2.27. The number of nitrogens with one attached hydrogen (secondary N) is 1. The van der Waals surface area contributed by atoms with Crippen molar-refractivity contribution in [2.45, 2.75) is 39.3 Å². The molecule has 8 heteroatoms. The van der Waals surface area contributed by atoms with Crippen LogP contribution in [0.25, 0.3) is 0 Å². The minimum Gasteiger partial charge on any atom is -0.370 e. The minimum absolute atomic E-state index is 0.0305. The summed E-state index contributed by atoms with van der Waals surface area (Å²) in [5.41, 5.74) is 3.71. The van der Waals surface area contributed by atoms with Crippen molar-refractivity contribution >= 4 is 11.6 Å². The van der Waals surface area contributed by atoms with Crippen molar-refractivity contribution in [1.29, 1.82) is 0 Å². The Morgan fingerprint density at radius 3 is 2.56 bits per heavy atom. The molecular weight excluding hydrogens is 404 g/mol. The van der Waals surface area contributed by atoms with Gasteiger partial charge in [0.25, 0.3) is 5.56 Å². The molecule has 1 aromatic carbocycles. The summed E-state index contributed by atoms with van der Waals surface area (Å²) in [4.78, 5) is 27.5. The molecule has 8 nitrogen and oxygen atoms in total. The summed E-state index contributed by atoms with van der Waals surface area (Å²) in [6, 6.07) is 11.4. The van der Waals surface area contributed by atoms with Gasteiger partial charge in [-0.05, 0) is 32.3 Å². The Kier molecular flexibility index (Phi) is 6.39. The topological polar surface area (TPSA) is 85.1 Å². The van der Waals surface area contributed by atoms with Gasteiger partial charge < -0.3 is 10.2 Å². The van der Waals surface area contributed by atoms with Gasteiger partial charge in [-0.25, -0.2) is 4.68 Å². The largest absolute Gasteiger partial charge is 0.370 e. The second-order valence-corrected chi connectivity index (χ2v) is 8.53. The van der Waals surface area contributed by atoms with Crippen LogP contribution in [0.15, 0.2) is 53.6 Å². The molecule has 3 aromatic rings. The Morgan fingerprint density at radius 1 is 1.22 bits per heavy atom. The molecule has 1 atom stereocenters. The normalized spacial score (nSPS) is 15.5. The molecule has 2 aromatic heterocycles. The van der Waals surface area contributed by atoms with E-state index >= 15 is 0 Å². The quantitative estimate of drug-likeness (QED) is 0.644. The van der Waals surface area contributed by atoms with Gasteiger partial charge in [0.1, 0.15) is 0 Å². The Hall–Kier alpha value is -3.42. The fraction of sp³-hybridized carbons (Fsp3) is 0.417. The van der Waals surface area contributed by atoms with Gasteiger partial charge in [0.15, 0.2) is 0 Å². The summed E-state index contributed by atoms with van der Waals surface area (Å²) in [6.45, 7) is 5.85. The molecule has 1 amide bonds. The van der Waals surface area contributed by atoms with E-state index in [9.17, 15) is 9.59 Å². The van der Waals surface area contributed by atoms with Crippen LogP contribution in [0.1, 0.15) is 42.6 Å². The first kappa shape index (κ1) is 21.8. The molecule has 1 aliphatic rings. The van der Waals surface area contributed by atoms with Crippen LogP contribution in [0.4, 0.5) is 5.69 Å². The summed E-state index contributed by atoms with van der Waals surface area (Å²) in [5.74, 6) is 0.0499. The van der Waals surface area contributed by atoms with Crippen molar-refractivity contribution < 1.29 is 4.79 Å². The Labute approximate surface area is 187 Å². The first-order valence-electron chi connectivity index (χ1n) is 11.1. The van der Waals surface area contributed by atoms with E-state index in [1.54, 1.807) is 16.9 Å². The highest BCUT2D eigenvalue weighted by molar-refractivity contribution is 5.79. The standard InChI is InChI=1S/C24H30N6O2/c1-17(22-16-28(3)27-18(22)2)26-24(32)20-9-11-29(12-10-20)21-13-23(31)30(25-14-21)15-19-7-5-4-6-8-19/h4-8,13-14,16-17,20H,9-12,15H2,1-3H3,(H,26,32)/t17-/m1/s1. The zero-order chi connectivity index (χ0) is 22.7. The van der Waals surface area contributed by atoms with Crippen molar-refractivity contribution in [2.75, 3.05) is 18.0 Å². The van der Waals surface area contributed by atoms with Gasteiger partial charge in [0.2, 0.25) is 5.91 Å². The number of benzene rings is 1. The number of aryl methyl sites for hydroxylation is 2. The van der Waals surface area contributed by atoms with E-state index in [4.69, 9.17) is 0 Å². The van der Waals surface area contributed by atoms with Crippen molar-refractivity contribution in [3.63, 3.8) is 0 Å². The lowest BCUT2D eigenvalue weighted by atomic mass is 9.95. The smallest absolute Gasteiger partial charge is 0.269 e. The molecule has 0 saturated carbocycles. The zero-order valence-corrected chi connectivity index (χ0v) is 18.9. The van der Waals surface area contributed by atoms with Crippen molar-refractivity contribution in [1.82, 2.24) is 24.9 Å². The maximum absolute atomic E-state index is 12.8. The lowest BCUT2D eigenvalue weighted by Crippen LogP contribution is -2.41. The van der Waals surface area contributed by atoms with Crippen LogP contribution < -0.4 is 15.8 Å². The average Bonchev–Trinajstić information content (AvgIpc) is 3.14. The molecule has 1 aliphatic heterocycles. The summed E-state index contributed by atoms with van der Waals surface area (Å²) < 4.78 is 3.24. The van der Waals surface area contributed by atoms with Gasteiger partial charge in [0, 0.05) is 43.9 Å². The molecule has 1 saturated heterocycles. The van der Waals surface area contributed by atoms with Crippen molar-refractivity contribution in [3.8, 4) is 0 Å². The van der Waals surface area contributed by atoms with Crippen LogP contribution in [-0.2, 0) is 18.4 Å². The Morgan fingerprint density at radius 2 is 1.94 bits per heavy atom. The third kappa shape index (κ3) is 4.90. The molecule has 0 bridgehead atoms. The van der Waals surface area contributed by atoms with Gasteiger partial charge >= 0.3 is 0 Å². The maximum Gasteiger partial charge on any atom is 0.269 e. The number of anilines is 1. The summed E-state index contributed by atoms with van der Waals surface area (Å²) >= 11 is 0. The molecule has 0 unspecified atom stereocenters. The van der Waals surface area contributed by atoms with Crippen LogP contribution in [-0.4, -0.2) is 38.6 Å². The van der Waals surface area contributed by atoms with Gasteiger partial charge in [-0.2, -0.15) is 10.2 Å². The molecule has 168 valence electrons. The average molecular weight is 435 g/mol. The van der Waals surface area contributed by atoms with E-state index in [1.165, 1.54) is 4.68 Å². The SMILES string of the molecule is Cc1nn(C)cc1[C@@H](C)NC(=O)C1CCN(c2cnn(Cc3ccccc3)c(=O)c2)CC1. The Balaban J connectivity index is 1.33. The van der Waals surface area contributed by atoms with Crippen LogP contribution >= 0.6 is 0 Å². The summed E-state index contributed by atoms with van der Waals surface area (Å²) in [6.07, 6.45) is 5.20. The Bertz CT molecular complexity index is 1130. The number of piperidine rings is 1. The first-order chi connectivity index (χ1) is 15.4. The third-order valence-electron chi connectivity index (χ3n) is 6.14. The van der Waals surface area contributed by atoms with E-state index in [2.05, 4.69) is 20.4 Å². The first-order valence-corrected chi connectivity index (χ1v) is 11.1. The van der Waals surface area contributed by atoms with Crippen LogP contribution in [0.5, 0.6) is 0 Å². The van der Waals surface area contributed by atoms with Gasteiger partial charge in [-0.1, -0.05) is 30.3 Å². The second kappa shape index (κ2) is 9.38. The predicted octanol–water partition coefficient (Wildman–Crippen LogP) is 2.43. The number of rotatable bonds is 6. The van der Waals surface area contributed by atoms with E-state index in [0.717, 1.165) is 48.4 Å². The number of hydrogen-bond donors (Lipinski definition) is 1. The van der Waals surface area contributed by atoms with E-state index in [1.807, 2.05) is 57.4 Å². The molecule has 0 spiro atoms. The molecule has 0 aliphatic carbocycles. The van der Waals surface area contributed by atoms with Gasteiger partial charge in [-0.15, -0.1) is 0 Å². The molecule has 0 radical (unpaired) electrons. The third-order valence-corrected chi connectivity index (χ3v) is 6.14. The van der Waals surface area contributed by atoms with Gasteiger partial charge in [0.05, 0.1) is 30.2 Å². The number of amides is 1. The lowest BCUT2D eigenvalue weighted by molar-refractivity contribution is -0.126. The summed E-state index contributed by atoms with van der Waals surface area (Å²) in [7, 11) is 1.88. The number of nitrogens with zero attached hydrogens (tertiary/aromatic N) is 5. The fourth-order valence-electron chi connectivity index (χ4n) is 4.32. The number of hydrogen-bond acceptors (Lipinski definition) is 5. The highest BCUT2D eigenvalue weighted by atomic mass is 16.2. The van der Waals surface area contributed by atoms with Crippen LogP contribution in [0.2, 0.25) is 0 Å². The maximum atomic E-state index is 12.8. The second-order valence-electron chi connectivity index (χ2n) is 8.53. The molecule has 1 fully saturated rings. The van der Waals surface area contributed by atoms with Crippen molar-refractivity contribution in [3.05, 3.63) is 76.0 Å². The van der Waals surface area contributed by atoms with Crippen LogP contribution in [0, 0.1) is 12.8 Å². The fourth-order valence-corrected chi connectivity index (χ4v) is 4.32. The number of aromatic nitrogens is 4. The molecule has 4 rings (SSSR count). The summed E-state index contributed by atoms with van der Waals surface area (Å²) in [5, 5.41) is 11.9. The van der Waals surface area contributed by atoms with E-state index < -0.39 is 0 Å². The van der Waals surface area contributed by atoms with Crippen molar-refractivity contribution in [2.24, 2.45) is 13.0 Å². The number of carbonyl (C=O) groups excluding carboxylic acids is 1. The molecule has 1 N–H and O–H groups in total. The lowest BCUT2D eigenvalue weighted by Gasteiger charge is -2.33. The molecular formula is C24H30N6O2. The molecule has 3 heterocycles. The predicted molar refractivity (Wildman–Crippen MR) is 123 cm³/mol. The highest BCUT2D eigenvalue weighted by Crippen LogP contribution is 2.23. The number of carbonyl (C=O) groups is 1. The zero-order valence-electron chi connectivity index (χ0n) is 18.9. The van der Waals surface area contributed by atoms with E-state index in [0.29, 0.717) is 6.54 Å². The van der Waals surface area contributed by atoms with Gasteiger partial charge in [-0.3, -0.25) is 14.3 Å². The monoisotopic (exact) mass is 434 g/mol. The minimum atomic E-state index is -0.119. The molecule has 32 heavy (non-hydrogen) atoms. The van der Waals surface area contributed by atoms with E-state index in [-0.39, 0.29) is 23.4 Å².